The van der Waals surface area contributed by atoms with Crippen molar-refractivity contribution in [3.63, 3.8) is 0 Å². The number of hydrogen-bond acceptors (Lipinski definition) is 4. The summed E-state index contributed by atoms with van der Waals surface area (Å²) < 4.78 is 0. The summed E-state index contributed by atoms with van der Waals surface area (Å²) in [6.45, 7) is 5.00. The van der Waals surface area contributed by atoms with Gasteiger partial charge in [-0.2, -0.15) is 0 Å². The van der Waals surface area contributed by atoms with Gasteiger partial charge in [0, 0.05) is 23.4 Å². The van der Waals surface area contributed by atoms with E-state index in [9.17, 15) is 4.79 Å². The number of benzene rings is 1. The maximum absolute atomic E-state index is 13.0. The van der Waals surface area contributed by atoms with E-state index in [-0.39, 0.29) is 11.9 Å². The lowest BCUT2D eigenvalue weighted by Gasteiger charge is -2.33. The fourth-order valence-corrected chi connectivity index (χ4v) is 4.53. The van der Waals surface area contributed by atoms with E-state index >= 15 is 0 Å². The number of rotatable bonds is 1. The predicted molar refractivity (Wildman–Crippen MR) is 101 cm³/mol. The molecule has 1 unspecified atom stereocenters. The number of fused-ring (bicyclic) bond motifs is 2. The predicted octanol–water partition coefficient (Wildman–Crippen LogP) is 4.35. The Morgan fingerprint density at radius 1 is 1.33 bits per heavy atom. The number of nitrogen functional groups attached to an aromatic ring is 1. The second-order valence-corrected chi connectivity index (χ2v) is 7.72. The highest BCUT2D eigenvalue weighted by Gasteiger charge is 2.28. The zero-order valence-electron chi connectivity index (χ0n) is 14.0. The topological polar surface area (TPSA) is 59.2 Å². The van der Waals surface area contributed by atoms with Crippen molar-refractivity contribution in [3.05, 3.63) is 34.7 Å². The second-order valence-electron chi connectivity index (χ2n) is 6.73. The van der Waals surface area contributed by atoms with Crippen LogP contribution in [0.1, 0.15) is 41.4 Å². The number of nitrogens with zero attached hydrogens (tertiary/aromatic N) is 2. The number of carbonyl (C=O) groups excluding carboxylic acids is 1. The Morgan fingerprint density at radius 3 is 2.96 bits per heavy atom. The molecule has 124 valence electrons. The van der Waals surface area contributed by atoms with Crippen LogP contribution in [0, 0.1) is 6.92 Å². The third kappa shape index (κ3) is 2.44. The van der Waals surface area contributed by atoms with Gasteiger partial charge in [-0.15, -0.1) is 11.3 Å². The average Bonchev–Trinajstić information content (AvgIpc) is 2.89. The van der Waals surface area contributed by atoms with E-state index in [1.807, 2.05) is 4.90 Å². The van der Waals surface area contributed by atoms with Crippen molar-refractivity contribution >= 4 is 44.1 Å². The van der Waals surface area contributed by atoms with Gasteiger partial charge in [-0.3, -0.25) is 4.79 Å². The fourth-order valence-electron chi connectivity index (χ4n) is 3.49. The number of carbonyl (C=O) groups is 1. The van der Waals surface area contributed by atoms with E-state index in [2.05, 4.69) is 38.1 Å². The number of pyridine rings is 1. The molecule has 4 nitrogen and oxygen atoms in total. The van der Waals surface area contributed by atoms with Gasteiger partial charge < -0.3 is 10.6 Å². The van der Waals surface area contributed by atoms with Gasteiger partial charge in [0.05, 0.1) is 11.2 Å². The van der Waals surface area contributed by atoms with E-state index in [1.54, 1.807) is 0 Å². The third-order valence-corrected chi connectivity index (χ3v) is 6.03. The van der Waals surface area contributed by atoms with Crippen LogP contribution in [0.15, 0.2) is 24.3 Å². The first-order valence-corrected chi connectivity index (χ1v) is 9.26. The molecule has 1 fully saturated rings. The number of aryl methyl sites for hydroxylation is 1. The monoisotopic (exact) mass is 339 g/mol. The molecule has 2 aromatic heterocycles. The molecular formula is C19H21N3OS. The highest BCUT2D eigenvalue weighted by molar-refractivity contribution is 7.21. The largest absolute Gasteiger partial charge is 0.397 e. The fraction of sp³-hybridized carbons (Fsp3) is 0.368. The Balaban J connectivity index is 1.82. The number of piperidine rings is 1. The summed E-state index contributed by atoms with van der Waals surface area (Å²) in [4.78, 5) is 21.2. The van der Waals surface area contributed by atoms with Gasteiger partial charge in [-0.05, 0) is 50.8 Å². The van der Waals surface area contributed by atoms with Crippen LogP contribution in [0.3, 0.4) is 0 Å². The van der Waals surface area contributed by atoms with Gasteiger partial charge in [-0.25, -0.2) is 4.98 Å². The summed E-state index contributed by atoms with van der Waals surface area (Å²) in [6.07, 6.45) is 3.33. The van der Waals surface area contributed by atoms with Crippen LogP contribution < -0.4 is 5.73 Å². The molecule has 0 aliphatic carbocycles. The molecule has 0 bridgehead atoms. The number of thiophene rings is 1. The molecule has 3 heterocycles. The molecule has 1 atom stereocenters. The standard InChI is InChI=1S/C19H21N3OS/c1-11-6-7-13-10-14-16(20)17(24-18(14)21-15(13)9-11)19(23)22-8-4-3-5-12(22)2/h6-7,9-10,12H,3-5,8,20H2,1-2H3. The summed E-state index contributed by atoms with van der Waals surface area (Å²) in [5.74, 6) is 0.0583. The second kappa shape index (κ2) is 5.74. The SMILES string of the molecule is Cc1ccc2cc3c(N)c(C(=O)N4CCCCC4C)sc3nc2c1. The van der Waals surface area contributed by atoms with Crippen LogP contribution in [-0.2, 0) is 0 Å². The molecule has 1 aromatic carbocycles. The molecule has 0 saturated carbocycles. The Labute approximate surface area is 145 Å². The number of hydrogen-bond donors (Lipinski definition) is 1. The van der Waals surface area contributed by atoms with Crippen molar-refractivity contribution in [2.24, 2.45) is 0 Å². The van der Waals surface area contributed by atoms with Crippen molar-refractivity contribution in [2.75, 3.05) is 12.3 Å². The van der Waals surface area contributed by atoms with Crippen LogP contribution in [0.25, 0.3) is 21.1 Å². The minimum absolute atomic E-state index is 0.0583. The first-order valence-electron chi connectivity index (χ1n) is 8.45. The third-order valence-electron chi connectivity index (χ3n) is 4.93. The minimum Gasteiger partial charge on any atom is -0.397 e. The lowest BCUT2D eigenvalue weighted by atomic mass is 10.0. The van der Waals surface area contributed by atoms with Crippen molar-refractivity contribution in [3.8, 4) is 0 Å². The average molecular weight is 339 g/mol. The summed E-state index contributed by atoms with van der Waals surface area (Å²) >= 11 is 1.42. The minimum atomic E-state index is 0.0583. The molecule has 24 heavy (non-hydrogen) atoms. The molecule has 1 aliphatic heterocycles. The first kappa shape index (κ1) is 15.4. The summed E-state index contributed by atoms with van der Waals surface area (Å²) in [7, 11) is 0. The molecule has 0 radical (unpaired) electrons. The van der Waals surface area contributed by atoms with Crippen LogP contribution >= 0.6 is 11.3 Å². The molecule has 0 spiro atoms. The Hall–Kier alpha value is -2.14. The maximum Gasteiger partial charge on any atom is 0.266 e. The van der Waals surface area contributed by atoms with Gasteiger partial charge in [-0.1, -0.05) is 12.1 Å². The molecular weight excluding hydrogens is 318 g/mol. The van der Waals surface area contributed by atoms with Crippen LogP contribution in [0.4, 0.5) is 5.69 Å². The zero-order chi connectivity index (χ0) is 16.8. The van der Waals surface area contributed by atoms with Gasteiger partial charge in [0.15, 0.2) is 0 Å². The van der Waals surface area contributed by atoms with E-state index < -0.39 is 0 Å². The molecule has 1 amide bonds. The number of amides is 1. The van der Waals surface area contributed by atoms with E-state index in [1.165, 1.54) is 23.3 Å². The highest BCUT2D eigenvalue weighted by Crippen LogP contribution is 2.36. The Morgan fingerprint density at radius 2 is 2.17 bits per heavy atom. The van der Waals surface area contributed by atoms with Gasteiger partial charge in [0.2, 0.25) is 0 Å². The van der Waals surface area contributed by atoms with E-state index in [0.29, 0.717) is 10.6 Å². The van der Waals surface area contributed by atoms with Crippen molar-refractivity contribution in [1.29, 1.82) is 0 Å². The van der Waals surface area contributed by atoms with Crippen molar-refractivity contribution < 1.29 is 4.79 Å². The number of aromatic nitrogens is 1. The maximum atomic E-state index is 13.0. The molecule has 1 aliphatic rings. The van der Waals surface area contributed by atoms with E-state index in [0.717, 1.165) is 40.5 Å². The van der Waals surface area contributed by atoms with Crippen molar-refractivity contribution in [2.45, 2.75) is 39.2 Å². The number of likely N-dealkylation sites (tertiary alicyclic amines) is 1. The van der Waals surface area contributed by atoms with Crippen LogP contribution in [0.2, 0.25) is 0 Å². The number of nitrogens with two attached hydrogens (primary N) is 1. The van der Waals surface area contributed by atoms with E-state index in [4.69, 9.17) is 10.7 Å². The highest BCUT2D eigenvalue weighted by atomic mass is 32.1. The normalized spacial score (nSPS) is 18.4. The van der Waals surface area contributed by atoms with Crippen LogP contribution in [-0.4, -0.2) is 28.4 Å². The van der Waals surface area contributed by atoms with Gasteiger partial charge in [0.25, 0.3) is 5.91 Å². The summed E-state index contributed by atoms with van der Waals surface area (Å²) in [5.41, 5.74) is 9.04. The molecule has 5 heteroatoms. The first-order chi connectivity index (χ1) is 11.5. The molecule has 2 N–H and O–H groups in total. The van der Waals surface area contributed by atoms with Gasteiger partial charge >= 0.3 is 0 Å². The Kier molecular flexibility index (Phi) is 3.68. The summed E-state index contributed by atoms with van der Waals surface area (Å²) in [5, 5.41) is 1.95. The lowest BCUT2D eigenvalue weighted by molar-refractivity contribution is 0.0642. The number of anilines is 1. The zero-order valence-corrected chi connectivity index (χ0v) is 14.8. The molecule has 4 rings (SSSR count). The molecule has 1 saturated heterocycles. The van der Waals surface area contributed by atoms with Gasteiger partial charge in [0.1, 0.15) is 9.71 Å². The smallest absolute Gasteiger partial charge is 0.266 e. The quantitative estimate of drug-likeness (QED) is 0.717. The summed E-state index contributed by atoms with van der Waals surface area (Å²) in [6, 6.07) is 8.53. The van der Waals surface area contributed by atoms with Crippen molar-refractivity contribution in [1.82, 2.24) is 9.88 Å². The van der Waals surface area contributed by atoms with Crippen LogP contribution in [0.5, 0.6) is 0 Å². The Bertz CT molecular complexity index is 947. The lowest BCUT2D eigenvalue weighted by Crippen LogP contribution is -2.41. The molecule has 3 aromatic rings.